The van der Waals surface area contributed by atoms with Crippen molar-refractivity contribution >= 4 is 12.1 Å². The molecule has 0 radical (unpaired) electrons. The lowest BCUT2D eigenvalue weighted by Crippen LogP contribution is -2.24. The van der Waals surface area contributed by atoms with Gasteiger partial charge in [-0.2, -0.15) is 5.10 Å². The summed E-state index contributed by atoms with van der Waals surface area (Å²) in [7, 11) is 0. The Balaban J connectivity index is 1.81. The fourth-order valence-electron chi connectivity index (χ4n) is 2.29. The highest BCUT2D eigenvalue weighted by atomic mass is 16.5. The van der Waals surface area contributed by atoms with Gasteiger partial charge in [0.15, 0.2) is 6.61 Å². The first-order valence-electron chi connectivity index (χ1n) is 8.60. The van der Waals surface area contributed by atoms with Crippen LogP contribution in [0, 0.1) is 0 Å². The zero-order valence-electron chi connectivity index (χ0n) is 15.3. The molecule has 0 bridgehead atoms. The topological polar surface area (TPSA) is 50.7 Å². The molecule has 2 aromatic rings. The van der Waals surface area contributed by atoms with E-state index < -0.39 is 0 Å². The summed E-state index contributed by atoms with van der Waals surface area (Å²) in [5, 5.41) is 3.97. The van der Waals surface area contributed by atoms with E-state index >= 15 is 0 Å². The van der Waals surface area contributed by atoms with Crippen molar-refractivity contribution in [1.82, 2.24) is 5.43 Å². The number of amides is 1. The average molecular weight is 338 g/mol. The highest BCUT2D eigenvalue weighted by Crippen LogP contribution is 2.20. The van der Waals surface area contributed by atoms with Gasteiger partial charge in [-0.15, -0.1) is 0 Å². The second-order valence-corrected chi connectivity index (χ2v) is 6.63. The predicted octanol–water partition coefficient (Wildman–Crippen LogP) is 4.46. The standard InChI is InChI=1S/C21H26N2O2/c1-15(2)18-10-8-17(9-11-18)13-22-23-21(24)14-25-20-7-5-6-19(12-20)16(3)4/h5-13,15-16H,14H2,1-4H3,(H,23,24)/b22-13+. The maximum atomic E-state index is 11.8. The molecule has 0 aliphatic carbocycles. The molecular formula is C21H26N2O2. The summed E-state index contributed by atoms with van der Waals surface area (Å²) in [5.74, 6) is 1.32. The van der Waals surface area contributed by atoms with Gasteiger partial charge in [-0.05, 0) is 40.7 Å². The lowest BCUT2D eigenvalue weighted by atomic mass is 10.0. The number of ether oxygens (including phenoxy) is 1. The van der Waals surface area contributed by atoms with Crippen LogP contribution in [0.15, 0.2) is 53.6 Å². The minimum absolute atomic E-state index is 0.0643. The van der Waals surface area contributed by atoms with E-state index in [2.05, 4.69) is 50.4 Å². The van der Waals surface area contributed by atoms with Crippen molar-refractivity contribution in [2.24, 2.45) is 5.10 Å². The first-order chi connectivity index (χ1) is 12.0. The largest absolute Gasteiger partial charge is 0.484 e. The van der Waals surface area contributed by atoms with Crippen LogP contribution in [-0.4, -0.2) is 18.7 Å². The predicted molar refractivity (Wildman–Crippen MR) is 102 cm³/mol. The maximum Gasteiger partial charge on any atom is 0.277 e. The highest BCUT2D eigenvalue weighted by molar-refractivity contribution is 5.82. The molecule has 4 nitrogen and oxygen atoms in total. The van der Waals surface area contributed by atoms with E-state index in [4.69, 9.17) is 4.74 Å². The van der Waals surface area contributed by atoms with Gasteiger partial charge < -0.3 is 4.74 Å². The molecule has 25 heavy (non-hydrogen) atoms. The zero-order valence-corrected chi connectivity index (χ0v) is 15.3. The van der Waals surface area contributed by atoms with Crippen molar-refractivity contribution in [3.63, 3.8) is 0 Å². The molecule has 1 N–H and O–H groups in total. The molecule has 132 valence electrons. The van der Waals surface area contributed by atoms with Crippen LogP contribution >= 0.6 is 0 Å². The molecule has 0 aromatic heterocycles. The Morgan fingerprint density at radius 3 is 2.36 bits per heavy atom. The lowest BCUT2D eigenvalue weighted by Gasteiger charge is -2.09. The molecule has 2 rings (SSSR count). The van der Waals surface area contributed by atoms with E-state index in [9.17, 15) is 4.79 Å². The minimum Gasteiger partial charge on any atom is -0.484 e. The minimum atomic E-state index is -0.287. The molecular weight excluding hydrogens is 312 g/mol. The van der Waals surface area contributed by atoms with Crippen LogP contribution in [0.1, 0.15) is 56.2 Å². The summed E-state index contributed by atoms with van der Waals surface area (Å²) >= 11 is 0. The van der Waals surface area contributed by atoms with E-state index in [0.29, 0.717) is 17.6 Å². The second-order valence-electron chi connectivity index (χ2n) is 6.63. The van der Waals surface area contributed by atoms with Gasteiger partial charge in [-0.25, -0.2) is 5.43 Å². The third-order valence-electron chi connectivity index (χ3n) is 3.90. The molecule has 0 unspecified atom stereocenters. The van der Waals surface area contributed by atoms with Crippen molar-refractivity contribution in [3.8, 4) is 5.75 Å². The number of nitrogens with one attached hydrogen (secondary N) is 1. The van der Waals surface area contributed by atoms with Crippen LogP contribution in [0.3, 0.4) is 0 Å². The van der Waals surface area contributed by atoms with Gasteiger partial charge in [-0.3, -0.25) is 4.79 Å². The van der Waals surface area contributed by atoms with Gasteiger partial charge in [0, 0.05) is 0 Å². The number of hydrogen-bond donors (Lipinski definition) is 1. The monoisotopic (exact) mass is 338 g/mol. The molecule has 0 aliphatic heterocycles. The van der Waals surface area contributed by atoms with E-state index in [1.165, 1.54) is 11.1 Å². The Hall–Kier alpha value is -2.62. The fraction of sp³-hybridized carbons (Fsp3) is 0.333. The Labute approximate surface area is 149 Å². The second kappa shape index (κ2) is 9.02. The van der Waals surface area contributed by atoms with Crippen LogP contribution in [0.2, 0.25) is 0 Å². The van der Waals surface area contributed by atoms with Gasteiger partial charge in [0.2, 0.25) is 0 Å². The molecule has 1 amide bonds. The molecule has 2 aromatic carbocycles. The molecule has 0 atom stereocenters. The van der Waals surface area contributed by atoms with Crippen LogP contribution in [-0.2, 0) is 4.79 Å². The van der Waals surface area contributed by atoms with Gasteiger partial charge in [0.25, 0.3) is 5.91 Å². The summed E-state index contributed by atoms with van der Waals surface area (Å²) in [6.45, 7) is 8.48. The molecule has 0 aliphatic rings. The van der Waals surface area contributed by atoms with Crippen molar-refractivity contribution in [2.45, 2.75) is 39.5 Å². The Morgan fingerprint density at radius 2 is 1.72 bits per heavy atom. The summed E-state index contributed by atoms with van der Waals surface area (Å²) in [6.07, 6.45) is 1.63. The number of hydrazone groups is 1. The summed E-state index contributed by atoms with van der Waals surface area (Å²) in [5.41, 5.74) is 5.88. The first kappa shape index (κ1) is 18.7. The number of carbonyl (C=O) groups excluding carboxylic acids is 1. The Bertz CT molecular complexity index is 719. The number of hydrogen-bond acceptors (Lipinski definition) is 3. The van der Waals surface area contributed by atoms with Crippen LogP contribution in [0.5, 0.6) is 5.75 Å². The number of carbonyl (C=O) groups is 1. The van der Waals surface area contributed by atoms with Crippen LogP contribution in [0.25, 0.3) is 0 Å². The summed E-state index contributed by atoms with van der Waals surface area (Å²) < 4.78 is 5.52. The normalized spacial score (nSPS) is 11.3. The summed E-state index contributed by atoms with van der Waals surface area (Å²) in [4.78, 5) is 11.8. The molecule has 0 spiro atoms. The lowest BCUT2D eigenvalue weighted by molar-refractivity contribution is -0.123. The number of rotatable bonds is 7. The van der Waals surface area contributed by atoms with Crippen molar-refractivity contribution in [1.29, 1.82) is 0 Å². The average Bonchev–Trinajstić information content (AvgIpc) is 2.60. The fourth-order valence-corrected chi connectivity index (χ4v) is 2.29. The number of benzene rings is 2. The summed E-state index contributed by atoms with van der Waals surface area (Å²) in [6, 6.07) is 15.9. The maximum absolute atomic E-state index is 11.8. The van der Waals surface area contributed by atoms with Crippen molar-refractivity contribution in [3.05, 3.63) is 65.2 Å². The zero-order chi connectivity index (χ0) is 18.2. The molecule has 0 saturated heterocycles. The van der Waals surface area contributed by atoms with Crippen molar-refractivity contribution < 1.29 is 9.53 Å². The van der Waals surface area contributed by atoms with Crippen LogP contribution < -0.4 is 10.2 Å². The van der Waals surface area contributed by atoms with E-state index in [1.807, 2.05) is 36.4 Å². The van der Waals surface area contributed by atoms with E-state index in [-0.39, 0.29) is 12.5 Å². The Kier molecular flexibility index (Phi) is 6.75. The van der Waals surface area contributed by atoms with Crippen LogP contribution in [0.4, 0.5) is 0 Å². The number of nitrogens with zero attached hydrogens (tertiary/aromatic N) is 1. The molecule has 0 heterocycles. The van der Waals surface area contributed by atoms with E-state index in [1.54, 1.807) is 6.21 Å². The third-order valence-corrected chi connectivity index (χ3v) is 3.90. The molecule has 0 fully saturated rings. The smallest absolute Gasteiger partial charge is 0.277 e. The third kappa shape index (κ3) is 6.07. The molecule has 0 saturated carbocycles. The molecule has 4 heteroatoms. The van der Waals surface area contributed by atoms with Gasteiger partial charge in [0.05, 0.1) is 6.21 Å². The van der Waals surface area contributed by atoms with Gasteiger partial charge in [-0.1, -0.05) is 64.1 Å². The van der Waals surface area contributed by atoms with Gasteiger partial charge in [0.1, 0.15) is 5.75 Å². The van der Waals surface area contributed by atoms with Crippen molar-refractivity contribution in [2.75, 3.05) is 6.61 Å². The van der Waals surface area contributed by atoms with E-state index in [0.717, 1.165) is 5.56 Å². The first-order valence-corrected chi connectivity index (χ1v) is 8.60. The van der Waals surface area contributed by atoms with Gasteiger partial charge >= 0.3 is 0 Å². The quantitative estimate of drug-likeness (QED) is 0.598. The highest BCUT2D eigenvalue weighted by Gasteiger charge is 2.04. The Morgan fingerprint density at radius 1 is 1.04 bits per heavy atom. The SMILES string of the molecule is CC(C)c1ccc(/C=N/NC(=O)COc2cccc(C(C)C)c2)cc1.